The van der Waals surface area contributed by atoms with Crippen LogP contribution in [0.1, 0.15) is 44.6 Å². The number of nitrogen functional groups attached to an aromatic ring is 1. The zero-order valence-electron chi connectivity index (χ0n) is 19.3. The third-order valence-corrected chi connectivity index (χ3v) is 5.66. The Morgan fingerprint density at radius 3 is 2.36 bits per heavy atom. The van der Waals surface area contributed by atoms with E-state index in [2.05, 4.69) is 9.72 Å². The Morgan fingerprint density at radius 1 is 1.09 bits per heavy atom. The fourth-order valence-electron chi connectivity index (χ4n) is 3.81. The number of fused-ring (bicyclic) bond motifs is 1. The molecule has 2 heterocycles. The molecule has 0 spiro atoms. The van der Waals surface area contributed by atoms with Gasteiger partial charge in [-0.25, -0.2) is 9.78 Å². The summed E-state index contributed by atoms with van der Waals surface area (Å²) >= 11 is 0. The number of nitrogens with zero attached hydrogens (tertiary/aromatic N) is 4. The Balaban J connectivity index is 2.09. The lowest BCUT2D eigenvalue weighted by Gasteiger charge is -2.13. The minimum atomic E-state index is -0.442. The molecular weight excluding hydrogens is 424 g/mol. The van der Waals surface area contributed by atoms with Crippen molar-refractivity contribution in [3.63, 3.8) is 0 Å². The van der Waals surface area contributed by atoms with E-state index in [0.717, 1.165) is 18.4 Å². The van der Waals surface area contributed by atoms with Crippen LogP contribution in [0.5, 0.6) is 0 Å². The first-order chi connectivity index (χ1) is 15.8. The Labute approximate surface area is 191 Å². The number of hydrogen-bond acceptors (Lipinski definition) is 6. The maximum atomic E-state index is 13.3. The minimum absolute atomic E-state index is 0.0324. The second-order valence-corrected chi connectivity index (χ2v) is 7.94. The number of benzene rings is 1. The average molecular weight is 455 g/mol. The number of esters is 1. The fraction of sp³-hybridized carbons (Fsp3) is 0.435. The normalized spacial score (nSPS) is 11.1. The maximum Gasteiger partial charge on any atom is 0.332 e. The van der Waals surface area contributed by atoms with E-state index >= 15 is 0 Å². The number of aryl methyl sites for hydroxylation is 2. The molecule has 0 aliphatic rings. The van der Waals surface area contributed by atoms with E-state index < -0.39 is 5.56 Å². The topological polar surface area (TPSA) is 138 Å². The van der Waals surface area contributed by atoms with Crippen LogP contribution in [-0.2, 0) is 29.7 Å². The Kier molecular flexibility index (Phi) is 7.47. The molecule has 3 N–H and O–H groups in total. The molecule has 3 rings (SSSR count). The van der Waals surface area contributed by atoms with E-state index in [-0.39, 0.29) is 36.0 Å². The molecule has 0 unspecified atom stereocenters. The number of carbonyl (C=O) groups is 1. The quantitative estimate of drug-likeness (QED) is 0.208. The third-order valence-electron chi connectivity index (χ3n) is 5.66. The van der Waals surface area contributed by atoms with Crippen molar-refractivity contribution in [2.24, 2.45) is 12.8 Å². The van der Waals surface area contributed by atoms with Gasteiger partial charge in [-0.05, 0) is 19.3 Å². The number of aromatic nitrogens is 4. The predicted octanol–water partition coefficient (Wildman–Crippen LogP) is 1.99. The molecule has 176 valence electrons. The molecule has 33 heavy (non-hydrogen) atoms. The molecule has 0 radical (unpaired) electrons. The summed E-state index contributed by atoms with van der Waals surface area (Å²) in [4.78, 5) is 42.5. The van der Waals surface area contributed by atoms with Gasteiger partial charge >= 0.3 is 11.7 Å². The van der Waals surface area contributed by atoms with Gasteiger partial charge in [-0.2, -0.15) is 0 Å². The lowest BCUT2D eigenvalue weighted by atomic mass is 10.1. The molecule has 0 bridgehead atoms. The molecule has 0 aliphatic carbocycles. The number of carbonyl (C=O) groups excluding carboxylic acids is 1. The molecule has 0 amide bonds. The molecule has 0 aliphatic heterocycles. The van der Waals surface area contributed by atoms with Crippen molar-refractivity contribution < 1.29 is 9.53 Å². The summed E-state index contributed by atoms with van der Waals surface area (Å²) in [6.45, 7) is 2.71. The molecule has 3 aromatic rings. The van der Waals surface area contributed by atoms with Crippen LogP contribution in [0.15, 0.2) is 33.9 Å². The minimum Gasteiger partial charge on any atom is -0.469 e. The summed E-state index contributed by atoms with van der Waals surface area (Å²) in [6.07, 6.45) is 2.92. The third kappa shape index (κ3) is 4.89. The first-order valence-corrected chi connectivity index (χ1v) is 11.0. The van der Waals surface area contributed by atoms with Gasteiger partial charge in [0.15, 0.2) is 5.52 Å². The van der Waals surface area contributed by atoms with Gasteiger partial charge in [-0.1, -0.05) is 37.6 Å². The van der Waals surface area contributed by atoms with Gasteiger partial charge in [0.25, 0.3) is 5.56 Å². The van der Waals surface area contributed by atoms with Gasteiger partial charge in [-0.15, -0.1) is 0 Å². The van der Waals surface area contributed by atoms with Crippen molar-refractivity contribution in [3.8, 4) is 11.4 Å². The van der Waals surface area contributed by atoms with Gasteiger partial charge in [0, 0.05) is 37.7 Å². The van der Waals surface area contributed by atoms with E-state index in [1.807, 2.05) is 6.92 Å². The number of ether oxygens (including phenoxy) is 1. The van der Waals surface area contributed by atoms with Crippen LogP contribution in [0.4, 0.5) is 0 Å². The Hall–Kier alpha value is -3.69. The molecule has 10 heteroatoms. The zero-order chi connectivity index (χ0) is 24.1. The number of nitrogens with one attached hydrogen (secondary N) is 1. The predicted molar refractivity (Wildman–Crippen MR) is 126 cm³/mol. The Morgan fingerprint density at radius 2 is 1.76 bits per heavy atom. The van der Waals surface area contributed by atoms with E-state index in [1.54, 1.807) is 40.4 Å². The summed E-state index contributed by atoms with van der Waals surface area (Å²) in [6, 6.07) is 7.02. The highest BCUT2D eigenvalue weighted by Gasteiger charge is 2.20. The van der Waals surface area contributed by atoms with Crippen LogP contribution in [-0.4, -0.2) is 37.6 Å². The highest BCUT2D eigenvalue weighted by Crippen LogP contribution is 2.22. The van der Waals surface area contributed by atoms with Crippen LogP contribution in [0, 0.1) is 5.41 Å². The van der Waals surface area contributed by atoms with Gasteiger partial charge in [0.1, 0.15) is 17.3 Å². The van der Waals surface area contributed by atoms with Crippen molar-refractivity contribution in [2.75, 3.05) is 7.11 Å². The van der Waals surface area contributed by atoms with Crippen LogP contribution >= 0.6 is 0 Å². The van der Waals surface area contributed by atoms with Crippen molar-refractivity contribution in [3.05, 3.63) is 50.7 Å². The molecule has 0 saturated carbocycles. The number of amidine groups is 1. The average Bonchev–Trinajstić information content (AvgIpc) is 3.15. The van der Waals surface area contributed by atoms with Gasteiger partial charge in [0.05, 0.1) is 7.11 Å². The molecule has 2 aromatic heterocycles. The van der Waals surface area contributed by atoms with Crippen molar-refractivity contribution >= 4 is 23.0 Å². The number of rotatable bonds is 10. The van der Waals surface area contributed by atoms with Crippen LogP contribution in [0.2, 0.25) is 0 Å². The van der Waals surface area contributed by atoms with Crippen molar-refractivity contribution in [1.82, 2.24) is 18.7 Å². The lowest BCUT2D eigenvalue weighted by Crippen LogP contribution is -2.40. The number of methoxy groups -OCH3 is 1. The van der Waals surface area contributed by atoms with E-state index in [4.69, 9.17) is 11.1 Å². The maximum absolute atomic E-state index is 13.3. The SMILES string of the molecule is CCCCn1c(=O)n(CCCCC(=O)OC)c(=O)c2nc(-c3ccc(C(=N)N)cc3)n(C)c21. The second-order valence-electron chi connectivity index (χ2n) is 7.94. The van der Waals surface area contributed by atoms with Crippen molar-refractivity contribution in [2.45, 2.75) is 52.1 Å². The molecule has 1 aromatic carbocycles. The largest absolute Gasteiger partial charge is 0.469 e. The van der Waals surface area contributed by atoms with E-state index in [0.29, 0.717) is 36.4 Å². The van der Waals surface area contributed by atoms with Crippen molar-refractivity contribution in [1.29, 1.82) is 5.41 Å². The van der Waals surface area contributed by atoms with E-state index in [1.165, 1.54) is 11.7 Å². The summed E-state index contributed by atoms with van der Waals surface area (Å²) in [7, 11) is 3.12. The number of imidazole rings is 1. The number of nitrogens with two attached hydrogens (primary N) is 1. The van der Waals surface area contributed by atoms with Gasteiger partial charge in [-0.3, -0.25) is 24.1 Å². The van der Waals surface area contributed by atoms with Gasteiger partial charge < -0.3 is 15.0 Å². The first-order valence-electron chi connectivity index (χ1n) is 11.0. The highest BCUT2D eigenvalue weighted by molar-refractivity contribution is 5.95. The van der Waals surface area contributed by atoms with Crippen LogP contribution in [0.25, 0.3) is 22.6 Å². The molecule has 0 fully saturated rings. The van der Waals surface area contributed by atoms with Crippen LogP contribution in [0.3, 0.4) is 0 Å². The molecule has 0 atom stereocenters. The summed E-state index contributed by atoms with van der Waals surface area (Å²) in [5.74, 6) is 0.198. The molecule has 10 nitrogen and oxygen atoms in total. The summed E-state index contributed by atoms with van der Waals surface area (Å²) in [5, 5.41) is 7.56. The molecular formula is C23H30N6O4. The Bertz CT molecular complexity index is 1280. The first kappa shape index (κ1) is 24.0. The number of unbranched alkanes of at least 4 members (excludes halogenated alkanes) is 2. The summed E-state index contributed by atoms with van der Waals surface area (Å²) in [5.41, 5.74) is 6.77. The smallest absolute Gasteiger partial charge is 0.332 e. The molecule has 0 saturated heterocycles. The van der Waals surface area contributed by atoms with Gasteiger partial charge in [0.2, 0.25) is 0 Å². The standard InChI is InChI=1S/C23H30N6O4/c1-4-5-13-28-21-18(22(31)29(23(28)32)14-7-6-8-17(30)33-3)26-20(27(21)2)16-11-9-15(10-12-16)19(24)25/h9-12H,4-8,13-14H2,1-3H3,(H3,24,25). The summed E-state index contributed by atoms with van der Waals surface area (Å²) < 4.78 is 9.23. The second kappa shape index (κ2) is 10.3. The highest BCUT2D eigenvalue weighted by atomic mass is 16.5. The van der Waals surface area contributed by atoms with E-state index in [9.17, 15) is 14.4 Å². The lowest BCUT2D eigenvalue weighted by molar-refractivity contribution is -0.140. The monoisotopic (exact) mass is 454 g/mol. The number of hydrogen-bond donors (Lipinski definition) is 2. The zero-order valence-corrected chi connectivity index (χ0v) is 19.3. The fourth-order valence-corrected chi connectivity index (χ4v) is 3.81. The van der Waals surface area contributed by atoms with Crippen LogP contribution < -0.4 is 17.0 Å².